The molecule has 0 saturated carbocycles. The predicted molar refractivity (Wildman–Crippen MR) is 161 cm³/mol. The smallest absolute Gasteiger partial charge is 0.456 e. The highest BCUT2D eigenvalue weighted by Crippen LogP contribution is 2.39. The Labute approximate surface area is 226 Å². The maximum absolute atomic E-state index is 9.61. The first-order valence-electron chi connectivity index (χ1n) is 12.9. The summed E-state index contributed by atoms with van der Waals surface area (Å²) in [7, 11) is -1.51. The summed E-state index contributed by atoms with van der Waals surface area (Å²) in [5, 5.41) is 23.7. The standard InChI is InChI=1S/C34H24BNO3/c37-35(38)27-12-16-29(17-13-27)36(28-14-10-24(11-15-28)23-6-2-1-3-7-23)30-18-19-31-32-20-25-8-4-5-9-26(25)21-33(32)39-34(31)22-30/h1-22,37-38H. The van der Waals surface area contributed by atoms with Gasteiger partial charge in [-0.1, -0.05) is 78.9 Å². The quantitative estimate of drug-likeness (QED) is 0.237. The van der Waals surface area contributed by atoms with Crippen LogP contribution in [-0.2, 0) is 0 Å². The molecule has 39 heavy (non-hydrogen) atoms. The fourth-order valence-electron chi connectivity index (χ4n) is 5.27. The minimum absolute atomic E-state index is 0.443. The lowest BCUT2D eigenvalue weighted by Gasteiger charge is -2.26. The molecule has 0 unspecified atom stereocenters. The Bertz CT molecular complexity index is 1930. The summed E-state index contributed by atoms with van der Waals surface area (Å²) in [4.78, 5) is 2.14. The van der Waals surface area contributed by atoms with Gasteiger partial charge in [-0.25, -0.2) is 0 Å². The second-order valence-electron chi connectivity index (χ2n) is 9.69. The number of anilines is 3. The van der Waals surface area contributed by atoms with Crippen molar-refractivity contribution < 1.29 is 14.5 Å². The van der Waals surface area contributed by atoms with Gasteiger partial charge in [-0.05, 0) is 75.9 Å². The van der Waals surface area contributed by atoms with Gasteiger partial charge in [-0.3, -0.25) is 0 Å². The summed E-state index contributed by atoms with van der Waals surface area (Å²) in [6.45, 7) is 0. The van der Waals surface area contributed by atoms with Crippen LogP contribution >= 0.6 is 0 Å². The van der Waals surface area contributed by atoms with Crippen LogP contribution < -0.4 is 10.4 Å². The normalized spacial score (nSPS) is 11.3. The van der Waals surface area contributed by atoms with E-state index in [9.17, 15) is 10.0 Å². The molecule has 0 atom stereocenters. The summed E-state index contributed by atoms with van der Waals surface area (Å²) < 4.78 is 6.36. The van der Waals surface area contributed by atoms with E-state index in [2.05, 4.69) is 89.8 Å². The first-order chi connectivity index (χ1) is 19.1. The highest BCUT2D eigenvalue weighted by molar-refractivity contribution is 6.58. The zero-order valence-corrected chi connectivity index (χ0v) is 21.0. The zero-order chi connectivity index (χ0) is 26.3. The molecule has 0 saturated heterocycles. The molecule has 0 fully saturated rings. The Morgan fingerprint density at radius 1 is 0.487 bits per heavy atom. The van der Waals surface area contributed by atoms with Gasteiger partial charge in [0.2, 0.25) is 0 Å². The highest BCUT2D eigenvalue weighted by atomic mass is 16.4. The van der Waals surface area contributed by atoms with Crippen molar-refractivity contribution in [2.24, 2.45) is 0 Å². The Morgan fingerprint density at radius 3 is 1.74 bits per heavy atom. The first-order valence-corrected chi connectivity index (χ1v) is 12.9. The number of fused-ring (bicyclic) bond motifs is 4. The molecular formula is C34H24BNO3. The van der Waals surface area contributed by atoms with Crippen LogP contribution in [0.15, 0.2) is 138 Å². The van der Waals surface area contributed by atoms with Gasteiger partial charge in [0.1, 0.15) is 11.2 Å². The van der Waals surface area contributed by atoms with E-state index in [-0.39, 0.29) is 0 Å². The van der Waals surface area contributed by atoms with Crippen LogP contribution in [0, 0.1) is 0 Å². The van der Waals surface area contributed by atoms with Gasteiger partial charge < -0.3 is 19.4 Å². The van der Waals surface area contributed by atoms with Crippen molar-refractivity contribution >= 4 is 62.4 Å². The average molecular weight is 505 g/mol. The number of nitrogens with zero attached hydrogens (tertiary/aromatic N) is 1. The van der Waals surface area contributed by atoms with Crippen LogP contribution in [0.5, 0.6) is 0 Å². The molecule has 7 rings (SSSR count). The fraction of sp³-hybridized carbons (Fsp3) is 0. The van der Waals surface area contributed by atoms with E-state index in [0.717, 1.165) is 55.5 Å². The van der Waals surface area contributed by atoms with E-state index in [4.69, 9.17) is 4.42 Å². The van der Waals surface area contributed by atoms with Crippen molar-refractivity contribution in [3.63, 3.8) is 0 Å². The second-order valence-corrected chi connectivity index (χ2v) is 9.69. The molecule has 186 valence electrons. The van der Waals surface area contributed by atoms with E-state index in [1.165, 1.54) is 5.39 Å². The van der Waals surface area contributed by atoms with Crippen LogP contribution in [0.4, 0.5) is 17.1 Å². The number of rotatable bonds is 5. The van der Waals surface area contributed by atoms with E-state index in [1.54, 1.807) is 12.1 Å². The fourth-order valence-corrected chi connectivity index (χ4v) is 5.27. The Hall–Kier alpha value is -4.84. The maximum Gasteiger partial charge on any atom is 0.488 e. The molecule has 1 heterocycles. The predicted octanol–water partition coefficient (Wildman–Crippen LogP) is 7.56. The van der Waals surface area contributed by atoms with Gasteiger partial charge in [-0.2, -0.15) is 0 Å². The average Bonchev–Trinajstić information content (AvgIpc) is 3.34. The lowest BCUT2D eigenvalue weighted by molar-refractivity contribution is 0.426. The molecule has 7 aromatic rings. The molecule has 0 aliphatic heterocycles. The molecular weight excluding hydrogens is 481 g/mol. The number of benzene rings is 6. The Kier molecular flexibility index (Phi) is 5.66. The van der Waals surface area contributed by atoms with E-state index in [1.807, 2.05) is 36.4 Å². The lowest BCUT2D eigenvalue weighted by atomic mass is 9.80. The summed E-state index contributed by atoms with van der Waals surface area (Å²) in [5.74, 6) is 0. The van der Waals surface area contributed by atoms with Crippen LogP contribution in [0.2, 0.25) is 0 Å². The molecule has 0 spiro atoms. The highest BCUT2D eigenvalue weighted by Gasteiger charge is 2.17. The van der Waals surface area contributed by atoms with E-state index < -0.39 is 7.12 Å². The molecule has 0 amide bonds. The molecule has 1 aromatic heterocycles. The van der Waals surface area contributed by atoms with Crippen molar-refractivity contribution in [3.05, 3.63) is 133 Å². The summed E-state index contributed by atoms with van der Waals surface area (Å²) in [6.07, 6.45) is 0. The van der Waals surface area contributed by atoms with Crippen LogP contribution in [-0.4, -0.2) is 17.2 Å². The van der Waals surface area contributed by atoms with Gasteiger partial charge in [0.15, 0.2) is 0 Å². The molecule has 2 N–H and O–H groups in total. The van der Waals surface area contributed by atoms with Gasteiger partial charge in [0, 0.05) is 33.9 Å². The monoisotopic (exact) mass is 505 g/mol. The topological polar surface area (TPSA) is 56.8 Å². The van der Waals surface area contributed by atoms with E-state index in [0.29, 0.717) is 5.46 Å². The third-order valence-electron chi connectivity index (χ3n) is 7.26. The first kappa shape index (κ1) is 23.3. The molecule has 5 heteroatoms. The van der Waals surface area contributed by atoms with Crippen molar-refractivity contribution in [2.45, 2.75) is 0 Å². The van der Waals surface area contributed by atoms with Gasteiger partial charge in [0.05, 0.1) is 0 Å². The summed E-state index contributed by atoms with van der Waals surface area (Å²) in [6, 6.07) is 44.9. The van der Waals surface area contributed by atoms with Crippen LogP contribution in [0.25, 0.3) is 43.8 Å². The maximum atomic E-state index is 9.61. The molecule has 0 aliphatic carbocycles. The zero-order valence-electron chi connectivity index (χ0n) is 21.0. The summed E-state index contributed by atoms with van der Waals surface area (Å²) >= 11 is 0. The van der Waals surface area contributed by atoms with Gasteiger partial charge >= 0.3 is 7.12 Å². The van der Waals surface area contributed by atoms with Crippen LogP contribution in [0.3, 0.4) is 0 Å². The van der Waals surface area contributed by atoms with E-state index >= 15 is 0 Å². The van der Waals surface area contributed by atoms with Crippen molar-refractivity contribution in [2.75, 3.05) is 4.90 Å². The van der Waals surface area contributed by atoms with Gasteiger partial charge in [-0.15, -0.1) is 0 Å². The van der Waals surface area contributed by atoms with Gasteiger partial charge in [0.25, 0.3) is 0 Å². The molecule has 0 aliphatic rings. The lowest BCUT2D eigenvalue weighted by Crippen LogP contribution is -2.29. The SMILES string of the molecule is OB(O)c1ccc(N(c2ccc(-c3ccccc3)cc2)c2ccc3c(c2)oc2cc4ccccc4cc23)cc1. The largest absolute Gasteiger partial charge is 0.488 e. The Balaban J connectivity index is 1.36. The molecule has 6 aromatic carbocycles. The summed E-state index contributed by atoms with van der Waals surface area (Å²) in [5.41, 5.74) is 7.23. The minimum Gasteiger partial charge on any atom is -0.456 e. The number of hydrogen-bond acceptors (Lipinski definition) is 4. The minimum atomic E-state index is -1.51. The van der Waals surface area contributed by atoms with Crippen LogP contribution in [0.1, 0.15) is 0 Å². The van der Waals surface area contributed by atoms with Crippen molar-refractivity contribution in [1.82, 2.24) is 0 Å². The number of furan rings is 1. The molecule has 0 bridgehead atoms. The second kappa shape index (κ2) is 9.48. The van der Waals surface area contributed by atoms with Crippen molar-refractivity contribution in [1.29, 1.82) is 0 Å². The van der Waals surface area contributed by atoms with Crippen molar-refractivity contribution in [3.8, 4) is 11.1 Å². The third-order valence-corrected chi connectivity index (χ3v) is 7.26. The number of hydrogen-bond donors (Lipinski definition) is 2. The molecule has 0 radical (unpaired) electrons. The third kappa shape index (κ3) is 4.24. The Morgan fingerprint density at radius 2 is 1.05 bits per heavy atom. The molecule has 4 nitrogen and oxygen atoms in total.